The van der Waals surface area contributed by atoms with Gasteiger partial charge in [0.1, 0.15) is 5.78 Å². The Kier molecular flexibility index (Phi) is 13.4. The molecule has 0 atom stereocenters. The van der Waals surface area contributed by atoms with E-state index in [4.69, 9.17) is 5.11 Å². The average molecular weight is 235 g/mol. The molecule has 0 radical (unpaired) electrons. The monoisotopic (exact) mass is 234 g/mol. The van der Waals surface area contributed by atoms with E-state index in [1.807, 2.05) is 6.92 Å². The molecule has 1 N–H and O–H groups in total. The molecule has 11 heavy (non-hydrogen) atoms. The zero-order valence-electron chi connectivity index (χ0n) is 7.10. The van der Waals surface area contributed by atoms with Crippen molar-refractivity contribution < 1.29 is 36.1 Å². The van der Waals surface area contributed by atoms with Gasteiger partial charge in [-0.25, -0.2) is 0 Å². The molecule has 0 aromatic carbocycles. The Labute approximate surface area is 87.5 Å². The number of carbonyl (C=O) groups is 1. The molecular weight excluding hydrogens is 219 g/mol. The van der Waals surface area contributed by atoms with Crippen LogP contribution in [0.2, 0.25) is 0 Å². The molecule has 0 aliphatic heterocycles. The van der Waals surface area contributed by atoms with Crippen LogP contribution in [0.25, 0.3) is 0 Å². The molecule has 0 saturated heterocycles. The Bertz CT molecular complexity index is 94.1. The van der Waals surface area contributed by atoms with E-state index < -0.39 is 0 Å². The van der Waals surface area contributed by atoms with Crippen molar-refractivity contribution in [2.24, 2.45) is 0 Å². The molecule has 2 nitrogen and oxygen atoms in total. The molecule has 0 aliphatic carbocycles. The van der Waals surface area contributed by atoms with Gasteiger partial charge in [0.2, 0.25) is 0 Å². The minimum absolute atomic E-state index is 0. The second-order valence-electron chi connectivity index (χ2n) is 2.47. The van der Waals surface area contributed by atoms with E-state index in [0.29, 0.717) is 18.6 Å². The van der Waals surface area contributed by atoms with Gasteiger partial charge < -0.3 is 5.11 Å². The molecular formula is C8H16O2Zr. The molecule has 64 valence electrons. The summed E-state index contributed by atoms with van der Waals surface area (Å²) in [6.07, 6.45) is 3.89. The molecule has 0 bridgehead atoms. The Morgan fingerprint density at radius 2 is 1.91 bits per heavy atom. The normalized spacial score (nSPS) is 8.91. The van der Waals surface area contributed by atoms with E-state index in [0.717, 1.165) is 19.3 Å². The van der Waals surface area contributed by atoms with Crippen LogP contribution in [0, 0.1) is 0 Å². The fourth-order valence-corrected chi connectivity index (χ4v) is 0.838. The first-order chi connectivity index (χ1) is 4.81. The van der Waals surface area contributed by atoms with E-state index in [1.165, 1.54) is 0 Å². The third-order valence-corrected chi connectivity index (χ3v) is 1.39. The molecule has 0 saturated carbocycles. The zero-order valence-corrected chi connectivity index (χ0v) is 9.56. The third-order valence-electron chi connectivity index (χ3n) is 1.39. The van der Waals surface area contributed by atoms with Crippen molar-refractivity contribution in [2.75, 3.05) is 6.61 Å². The number of Topliss-reactive ketones (excluding diaryl/α,β-unsaturated/α-hetero) is 1. The van der Waals surface area contributed by atoms with Crippen molar-refractivity contribution in [1.29, 1.82) is 0 Å². The summed E-state index contributed by atoms with van der Waals surface area (Å²) in [6.45, 7) is 2.21. The van der Waals surface area contributed by atoms with Gasteiger partial charge in [-0.2, -0.15) is 0 Å². The molecule has 0 aliphatic rings. The van der Waals surface area contributed by atoms with Crippen LogP contribution in [-0.2, 0) is 31.0 Å². The van der Waals surface area contributed by atoms with Crippen molar-refractivity contribution in [1.82, 2.24) is 0 Å². The molecule has 0 fully saturated rings. The van der Waals surface area contributed by atoms with E-state index in [1.54, 1.807) is 0 Å². The van der Waals surface area contributed by atoms with Gasteiger partial charge in [-0.1, -0.05) is 6.92 Å². The number of aliphatic hydroxyl groups is 1. The van der Waals surface area contributed by atoms with Crippen molar-refractivity contribution in [2.45, 2.75) is 39.0 Å². The summed E-state index contributed by atoms with van der Waals surface area (Å²) in [5.74, 6) is 0.330. The van der Waals surface area contributed by atoms with E-state index in [9.17, 15) is 4.79 Å². The average Bonchev–Trinajstić information content (AvgIpc) is 1.89. The van der Waals surface area contributed by atoms with Gasteiger partial charge in [-0.3, -0.25) is 4.79 Å². The van der Waals surface area contributed by atoms with Crippen molar-refractivity contribution in [3.05, 3.63) is 0 Å². The minimum Gasteiger partial charge on any atom is -0.396 e. The van der Waals surface area contributed by atoms with Crippen LogP contribution in [0.5, 0.6) is 0 Å². The van der Waals surface area contributed by atoms with Crippen LogP contribution in [0.15, 0.2) is 0 Å². The summed E-state index contributed by atoms with van der Waals surface area (Å²) in [4.78, 5) is 10.8. The zero-order chi connectivity index (χ0) is 7.82. The molecule has 0 unspecified atom stereocenters. The fourth-order valence-electron chi connectivity index (χ4n) is 0.838. The maximum Gasteiger partial charge on any atom is 0.132 e. The van der Waals surface area contributed by atoms with Crippen LogP contribution < -0.4 is 0 Å². The topological polar surface area (TPSA) is 37.3 Å². The quantitative estimate of drug-likeness (QED) is 0.709. The van der Waals surface area contributed by atoms with Crippen molar-refractivity contribution >= 4 is 5.78 Å². The van der Waals surface area contributed by atoms with E-state index >= 15 is 0 Å². The van der Waals surface area contributed by atoms with Crippen LogP contribution >= 0.6 is 0 Å². The van der Waals surface area contributed by atoms with Gasteiger partial charge in [-0.05, 0) is 19.3 Å². The first kappa shape index (κ1) is 14.1. The number of hydrogen-bond donors (Lipinski definition) is 1. The van der Waals surface area contributed by atoms with E-state index in [2.05, 4.69) is 0 Å². The second kappa shape index (κ2) is 10.5. The molecule has 0 aromatic rings. The number of hydrogen-bond acceptors (Lipinski definition) is 2. The Balaban J connectivity index is 0. The molecule has 0 rings (SSSR count). The Hall–Kier alpha value is 0.513. The summed E-state index contributed by atoms with van der Waals surface area (Å²) in [5.41, 5.74) is 0. The first-order valence-corrected chi connectivity index (χ1v) is 3.93. The fraction of sp³-hybridized carbons (Fsp3) is 0.875. The van der Waals surface area contributed by atoms with Gasteiger partial charge in [0.05, 0.1) is 0 Å². The van der Waals surface area contributed by atoms with Crippen LogP contribution in [0.3, 0.4) is 0 Å². The van der Waals surface area contributed by atoms with Gasteiger partial charge >= 0.3 is 0 Å². The molecule has 0 amide bonds. The minimum atomic E-state index is 0. The Morgan fingerprint density at radius 1 is 1.27 bits per heavy atom. The van der Waals surface area contributed by atoms with Crippen LogP contribution in [-0.4, -0.2) is 17.5 Å². The maximum atomic E-state index is 10.8. The smallest absolute Gasteiger partial charge is 0.132 e. The van der Waals surface area contributed by atoms with Gasteiger partial charge in [0, 0.05) is 45.7 Å². The van der Waals surface area contributed by atoms with E-state index in [-0.39, 0.29) is 32.8 Å². The summed E-state index contributed by atoms with van der Waals surface area (Å²) in [5, 5.41) is 8.40. The standard InChI is InChI=1S/C8H16O2.Zr/c1-2-5-8(10)6-3-4-7-9;/h9H,2-7H2,1H3;. The summed E-state index contributed by atoms with van der Waals surface area (Å²) >= 11 is 0. The molecule has 0 spiro atoms. The summed E-state index contributed by atoms with van der Waals surface area (Å²) < 4.78 is 0. The number of aliphatic hydroxyl groups excluding tert-OH is 1. The Morgan fingerprint density at radius 3 is 2.36 bits per heavy atom. The predicted molar refractivity (Wildman–Crippen MR) is 40.9 cm³/mol. The number of ketones is 1. The van der Waals surface area contributed by atoms with Crippen LogP contribution in [0.4, 0.5) is 0 Å². The summed E-state index contributed by atoms with van der Waals surface area (Å²) in [6, 6.07) is 0. The predicted octanol–water partition coefficient (Wildman–Crippen LogP) is 1.52. The van der Waals surface area contributed by atoms with Gasteiger partial charge in [-0.15, -0.1) is 0 Å². The first-order valence-electron chi connectivity index (χ1n) is 3.93. The second-order valence-corrected chi connectivity index (χ2v) is 2.47. The molecule has 3 heteroatoms. The maximum absolute atomic E-state index is 10.8. The van der Waals surface area contributed by atoms with Crippen LogP contribution in [0.1, 0.15) is 39.0 Å². The van der Waals surface area contributed by atoms with Gasteiger partial charge in [0.25, 0.3) is 0 Å². The molecule has 0 heterocycles. The number of unbranched alkanes of at least 4 members (excludes halogenated alkanes) is 1. The van der Waals surface area contributed by atoms with Crippen molar-refractivity contribution in [3.8, 4) is 0 Å². The van der Waals surface area contributed by atoms with Gasteiger partial charge in [0.15, 0.2) is 0 Å². The number of carbonyl (C=O) groups excluding carboxylic acids is 1. The van der Waals surface area contributed by atoms with Crippen molar-refractivity contribution in [3.63, 3.8) is 0 Å². The summed E-state index contributed by atoms with van der Waals surface area (Å²) in [7, 11) is 0. The molecule has 0 aromatic heterocycles. The number of rotatable bonds is 6. The SMILES string of the molecule is CCCC(=O)CCCCO.[Zr]. The largest absolute Gasteiger partial charge is 0.396 e. The third kappa shape index (κ3) is 10.5.